The van der Waals surface area contributed by atoms with Crippen molar-refractivity contribution in [1.29, 1.82) is 0 Å². The zero-order chi connectivity index (χ0) is 10.7. The third-order valence-electron chi connectivity index (χ3n) is 0.862. The third kappa shape index (κ3) is 9.06. The second-order valence-electron chi connectivity index (χ2n) is 4.78. The summed E-state index contributed by atoms with van der Waals surface area (Å²) >= 11 is 0. The quantitative estimate of drug-likeness (QED) is 0.696. The van der Waals surface area contributed by atoms with Crippen LogP contribution in [0.2, 0.25) is 39.3 Å². The Morgan fingerprint density at radius 2 is 1.15 bits per heavy atom. The lowest BCUT2D eigenvalue weighted by Crippen LogP contribution is -2.44. The maximum absolute atomic E-state index is 5.75. The van der Waals surface area contributed by atoms with Gasteiger partial charge in [0, 0.05) is 0 Å². The van der Waals surface area contributed by atoms with Gasteiger partial charge in [-0.1, -0.05) is 0 Å². The van der Waals surface area contributed by atoms with Gasteiger partial charge < -0.3 is 12.3 Å². The second-order valence-corrected chi connectivity index (χ2v) is 16.2. The van der Waals surface area contributed by atoms with Crippen LogP contribution >= 0.6 is 0 Å². The molecule has 0 aromatic carbocycles. The number of hydrogen-bond acceptors (Lipinski definition) is 3. The standard InChI is InChI=1S/C6H18O3Si4/c1-12(2,3)8-11(7-10)9-13(4,5)6/h1-6H3. The molecule has 0 N–H and O–H groups in total. The fourth-order valence-corrected chi connectivity index (χ4v) is 6.19. The maximum atomic E-state index is 5.75. The van der Waals surface area contributed by atoms with Gasteiger partial charge in [-0.3, -0.25) is 0 Å². The molecular weight excluding hydrogens is 232 g/mol. The maximum Gasteiger partial charge on any atom is 0.543 e. The molecule has 0 aliphatic heterocycles. The van der Waals surface area contributed by atoms with Gasteiger partial charge >= 0.3 is 9.53 Å². The Balaban J connectivity index is 4.05. The largest absolute Gasteiger partial charge is 0.543 e. The van der Waals surface area contributed by atoms with E-state index in [2.05, 4.69) is 49.8 Å². The summed E-state index contributed by atoms with van der Waals surface area (Å²) in [4.78, 5) is 0. The lowest BCUT2D eigenvalue weighted by Gasteiger charge is -2.27. The first-order chi connectivity index (χ1) is 5.64. The highest BCUT2D eigenvalue weighted by Crippen LogP contribution is 2.11. The van der Waals surface area contributed by atoms with E-state index in [4.69, 9.17) is 12.3 Å². The van der Waals surface area contributed by atoms with Gasteiger partial charge in [0.05, 0.1) is 0 Å². The highest BCUT2D eigenvalue weighted by Gasteiger charge is 2.31. The molecular formula is C6H18O3Si4. The summed E-state index contributed by atoms with van der Waals surface area (Å²) in [6, 6.07) is 0. The van der Waals surface area contributed by atoms with E-state index in [1.165, 1.54) is 0 Å². The molecule has 13 heavy (non-hydrogen) atoms. The topological polar surface area (TPSA) is 27.7 Å². The first-order valence-corrected chi connectivity index (χ1v) is 12.7. The monoisotopic (exact) mass is 250 g/mol. The van der Waals surface area contributed by atoms with Crippen LogP contribution in [-0.4, -0.2) is 36.6 Å². The minimum Gasteiger partial charge on any atom is -0.415 e. The van der Waals surface area contributed by atoms with Crippen LogP contribution in [0.15, 0.2) is 0 Å². The molecule has 76 valence electrons. The van der Waals surface area contributed by atoms with Crippen LogP contribution < -0.4 is 0 Å². The molecule has 0 aromatic rings. The Morgan fingerprint density at radius 1 is 0.846 bits per heavy atom. The Bertz CT molecular complexity index is 135. The normalized spacial score (nSPS) is 13.8. The van der Waals surface area contributed by atoms with Crippen molar-refractivity contribution in [1.82, 2.24) is 0 Å². The van der Waals surface area contributed by atoms with Gasteiger partial charge in [0.1, 0.15) is 0 Å². The zero-order valence-electron chi connectivity index (χ0n) is 9.22. The molecule has 0 atom stereocenters. The van der Waals surface area contributed by atoms with Gasteiger partial charge in [0.15, 0.2) is 16.6 Å². The molecule has 0 aromatic heterocycles. The molecule has 0 unspecified atom stereocenters. The number of hydrogen-bond donors (Lipinski definition) is 0. The zero-order valence-corrected chi connectivity index (χ0v) is 13.2. The average molecular weight is 251 g/mol. The Labute approximate surface area is 88.6 Å². The second kappa shape index (κ2) is 5.01. The van der Waals surface area contributed by atoms with Crippen molar-refractivity contribution < 1.29 is 12.3 Å². The smallest absolute Gasteiger partial charge is 0.415 e. The van der Waals surface area contributed by atoms with Crippen molar-refractivity contribution in [3.05, 3.63) is 0 Å². The molecule has 0 spiro atoms. The van der Waals surface area contributed by atoms with Crippen molar-refractivity contribution in [3.63, 3.8) is 0 Å². The molecule has 7 heteroatoms. The van der Waals surface area contributed by atoms with E-state index in [1.807, 2.05) is 0 Å². The fourth-order valence-electron chi connectivity index (χ4n) is 0.563. The molecule has 0 saturated carbocycles. The molecule has 4 radical (unpaired) electrons. The summed E-state index contributed by atoms with van der Waals surface area (Å²) in [5, 5.41) is 0. The lowest BCUT2D eigenvalue weighted by molar-refractivity contribution is 0.314. The van der Waals surface area contributed by atoms with Gasteiger partial charge in [-0.25, -0.2) is 0 Å². The summed E-state index contributed by atoms with van der Waals surface area (Å²) in [5.74, 6) is 0. The first kappa shape index (κ1) is 13.7. The van der Waals surface area contributed by atoms with Crippen molar-refractivity contribution in [3.8, 4) is 0 Å². The summed E-state index contributed by atoms with van der Waals surface area (Å²) in [6.45, 7) is 12.7. The van der Waals surface area contributed by atoms with E-state index in [0.29, 0.717) is 0 Å². The van der Waals surface area contributed by atoms with Gasteiger partial charge in [-0.15, -0.1) is 0 Å². The highest BCUT2D eigenvalue weighted by molar-refractivity contribution is 6.80. The molecule has 0 aliphatic carbocycles. The van der Waals surface area contributed by atoms with Gasteiger partial charge in [-0.2, -0.15) is 0 Å². The Hall–Kier alpha value is 0.748. The van der Waals surface area contributed by atoms with E-state index < -0.39 is 26.2 Å². The highest BCUT2D eigenvalue weighted by atomic mass is 28.5. The summed E-state index contributed by atoms with van der Waals surface area (Å²) in [7, 11) is -1.66. The minimum absolute atomic E-state index is 1.55. The van der Waals surface area contributed by atoms with Crippen molar-refractivity contribution >= 4 is 36.6 Å². The Kier molecular flexibility index (Phi) is 5.29. The van der Waals surface area contributed by atoms with Crippen LogP contribution in [0.25, 0.3) is 0 Å². The van der Waals surface area contributed by atoms with Gasteiger partial charge in [-0.05, 0) is 39.3 Å². The molecule has 0 saturated heterocycles. The molecule has 3 nitrogen and oxygen atoms in total. The molecule has 0 heterocycles. The SMILES string of the molecule is C[Si](C)(C)O[Si](O[Si])O[Si](C)(C)C. The summed E-state index contributed by atoms with van der Waals surface area (Å²) < 4.78 is 16.5. The summed E-state index contributed by atoms with van der Waals surface area (Å²) in [6.07, 6.45) is 0. The predicted molar refractivity (Wildman–Crippen MR) is 61.5 cm³/mol. The van der Waals surface area contributed by atoms with E-state index in [1.54, 1.807) is 0 Å². The van der Waals surface area contributed by atoms with E-state index >= 15 is 0 Å². The molecule has 0 rings (SSSR count). The fraction of sp³-hybridized carbons (Fsp3) is 1.00. The summed E-state index contributed by atoms with van der Waals surface area (Å²) in [5.41, 5.74) is 0. The molecule has 0 amide bonds. The van der Waals surface area contributed by atoms with Crippen LogP contribution in [-0.2, 0) is 12.3 Å². The van der Waals surface area contributed by atoms with E-state index in [-0.39, 0.29) is 0 Å². The van der Waals surface area contributed by atoms with Gasteiger partial charge in [0.25, 0.3) is 0 Å². The van der Waals surface area contributed by atoms with Crippen molar-refractivity contribution in [2.45, 2.75) is 39.3 Å². The molecule has 0 fully saturated rings. The van der Waals surface area contributed by atoms with Crippen LogP contribution in [0.1, 0.15) is 0 Å². The van der Waals surface area contributed by atoms with Gasteiger partial charge in [0.2, 0.25) is 10.5 Å². The van der Waals surface area contributed by atoms with Crippen LogP contribution in [0.3, 0.4) is 0 Å². The van der Waals surface area contributed by atoms with E-state index in [0.717, 1.165) is 0 Å². The average Bonchev–Trinajstić information content (AvgIpc) is 1.79. The van der Waals surface area contributed by atoms with Crippen molar-refractivity contribution in [2.24, 2.45) is 0 Å². The lowest BCUT2D eigenvalue weighted by atomic mass is 11.8. The molecule has 0 bridgehead atoms. The van der Waals surface area contributed by atoms with Crippen molar-refractivity contribution in [2.75, 3.05) is 0 Å². The van der Waals surface area contributed by atoms with Crippen LogP contribution in [0, 0.1) is 0 Å². The third-order valence-corrected chi connectivity index (χ3v) is 7.76. The van der Waals surface area contributed by atoms with E-state index in [9.17, 15) is 0 Å². The first-order valence-electron chi connectivity index (χ1n) is 4.22. The predicted octanol–water partition coefficient (Wildman–Crippen LogP) is 1.77. The molecule has 0 aliphatic rings. The van der Waals surface area contributed by atoms with Crippen LogP contribution in [0.4, 0.5) is 0 Å². The minimum atomic E-state index is -1.56. The Morgan fingerprint density at radius 3 is 1.31 bits per heavy atom. The number of rotatable bonds is 5. The van der Waals surface area contributed by atoms with Crippen LogP contribution in [0.5, 0.6) is 0 Å².